The minimum atomic E-state index is 0. The maximum atomic E-state index is 5.60. The van der Waals surface area contributed by atoms with Crippen LogP contribution in [0.5, 0.6) is 0 Å². The quantitative estimate of drug-likeness (QED) is 0.427. The van der Waals surface area contributed by atoms with Crippen molar-refractivity contribution in [3.05, 3.63) is 0 Å². The van der Waals surface area contributed by atoms with E-state index in [1.54, 1.807) is 0 Å². The zero-order chi connectivity index (χ0) is 13.5. The summed E-state index contributed by atoms with van der Waals surface area (Å²) in [5, 5.41) is 6.80. The molecule has 20 heavy (non-hydrogen) atoms. The molecule has 0 radical (unpaired) electrons. The van der Waals surface area contributed by atoms with Crippen LogP contribution in [0, 0.1) is 5.92 Å². The fourth-order valence-corrected chi connectivity index (χ4v) is 2.92. The first-order valence-corrected chi connectivity index (χ1v) is 7.52. The number of hydrogen-bond acceptors (Lipinski definition) is 3. The van der Waals surface area contributed by atoms with E-state index in [4.69, 9.17) is 4.74 Å². The molecule has 0 aromatic rings. The highest BCUT2D eigenvalue weighted by Gasteiger charge is 2.18. The Bertz CT molecular complexity index is 295. The number of nitrogens with one attached hydrogen (secondary N) is 2. The van der Waals surface area contributed by atoms with Crippen LogP contribution in [0.2, 0.25) is 0 Å². The summed E-state index contributed by atoms with van der Waals surface area (Å²) in [6.45, 7) is 5.21. The van der Waals surface area contributed by atoms with E-state index in [9.17, 15) is 0 Å². The summed E-state index contributed by atoms with van der Waals surface area (Å²) in [5.41, 5.74) is 0. The van der Waals surface area contributed by atoms with Crippen LogP contribution in [0.25, 0.3) is 0 Å². The van der Waals surface area contributed by atoms with E-state index >= 15 is 0 Å². The van der Waals surface area contributed by atoms with Crippen molar-refractivity contribution in [2.24, 2.45) is 10.9 Å². The molecule has 2 saturated heterocycles. The van der Waals surface area contributed by atoms with E-state index in [1.807, 2.05) is 7.05 Å². The lowest BCUT2D eigenvalue weighted by Gasteiger charge is -2.30. The molecule has 2 N–H and O–H groups in total. The maximum Gasteiger partial charge on any atom is 0.191 e. The molecule has 2 rings (SSSR count). The molecule has 0 amide bonds. The smallest absolute Gasteiger partial charge is 0.191 e. The van der Waals surface area contributed by atoms with Gasteiger partial charge in [0, 0.05) is 33.3 Å². The number of piperidine rings is 1. The van der Waals surface area contributed by atoms with E-state index in [2.05, 4.69) is 27.6 Å². The summed E-state index contributed by atoms with van der Waals surface area (Å²) in [6.07, 6.45) is 5.34. The van der Waals surface area contributed by atoms with E-state index < -0.39 is 0 Å². The predicted molar refractivity (Wildman–Crippen MR) is 94.0 cm³/mol. The van der Waals surface area contributed by atoms with E-state index in [0.29, 0.717) is 6.10 Å². The van der Waals surface area contributed by atoms with Gasteiger partial charge in [0.05, 0.1) is 6.10 Å². The van der Waals surface area contributed by atoms with Crippen molar-refractivity contribution in [2.45, 2.75) is 31.8 Å². The summed E-state index contributed by atoms with van der Waals surface area (Å²) >= 11 is 0. The van der Waals surface area contributed by atoms with Gasteiger partial charge in [0.2, 0.25) is 0 Å². The maximum absolute atomic E-state index is 5.60. The first-order valence-electron chi connectivity index (χ1n) is 7.52. The molecule has 0 aromatic carbocycles. The van der Waals surface area contributed by atoms with E-state index in [-0.39, 0.29) is 24.0 Å². The Morgan fingerprint density at radius 1 is 1.25 bits per heavy atom. The van der Waals surface area contributed by atoms with E-state index in [0.717, 1.165) is 38.0 Å². The largest absolute Gasteiger partial charge is 0.376 e. The Balaban J connectivity index is 0.00000200. The van der Waals surface area contributed by atoms with Gasteiger partial charge in [0.15, 0.2) is 5.96 Å². The molecule has 0 aliphatic carbocycles. The Morgan fingerprint density at radius 3 is 2.70 bits per heavy atom. The molecule has 2 aliphatic heterocycles. The summed E-state index contributed by atoms with van der Waals surface area (Å²) in [5.74, 6) is 1.64. The van der Waals surface area contributed by atoms with E-state index in [1.165, 1.54) is 32.4 Å². The summed E-state index contributed by atoms with van der Waals surface area (Å²) in [4.78, 5) is 6.69. The molecule has 0 saturated carbocycles. The standard InChI is InChI=1S/C14H28N4O.HI/c1-15-14(17-10-13-6-4-8-19-13)16-9-12-5-3-7-18(2)11-12;/h12-13H,3-11H2,1-2H3,(H2,15,16,17);1H. The Kier molecular flexibility index (Phi) is 8.79. The van der Waals surface area contributed by atoms with Crippen LogP contribution in [-0.2, 0) is 4.74 Å². The topological polar surface area (TPSA) is 48.9 Å². The number of rotatable bonds is 4. The molecule has 2 fully saturated rings. The summed E-state index contributed by atoms with van der Waals surface area (Å²) in [7, 11) is 4.04. The van der Waals surface area contributed by atoms with Crippen LogP contribution >= 0.6 is 24.0 Å². The molecule has 2 aliphatic rings. The van der Waals surface area contributed by atoms with Gasteiger partial charge in [-0.05, 0) is 45.2 Å². The number of ether oxygens (including phenoxy) is 1. The van der Waals surface area contributed by atoms with Crippen molar-refractivity contribution in [1.29, 1.82) is 0 Å². The van der Waals surface area contributed by atoms with Crippen LogP contribution in [-0.4, -0.2) is 63.8 Å². The van der Waals surface area contributed by atoms with Crippen molar-refractivity contribution in [2.75, 3.05) is 46.9 Å². The number of hydrogen-bond donors (Lipinski definition) is 2. The highest BCUT2D eigenvalue weighted by Crippen LogP contribution is 2.14. The van der Waals surface area contributed by atoms with Crippen molar-refractivity contribution in [3.8, 4) is 0 Å². The molecule has 118 valence electrons. The second-order valence-corrected chi connectivity index (χ2v) is 5.74. The average Bonchev–Trinajstić information content (AvgIpc) is 2.92. The molecule has 0 bridgehead atoms. The molecular formula is C14H29IN4O. The molecule has 0 aromatic heterocycles. The zero-order valence-corrected chi connectivity index (χ0v) is 15.1. The lowest BCUT2D eigenvalue weighted by molar-refractivity contribution is 0.113. The van der Waals surface area contributed by atoms with Crippen molar-refractivity contribution >= 4 is 29.9 Å². The first-order chi connectivity index (χ1) is 9.28. The first kappa shape index (κ1) is 18.0. The lowest BCUT2D eigenvalue weighted by Crippen LogP contribution is -2.45. The molecule has 2 atom stereocenters. The van der Waals surface area contributed by atoms with Crippen LogP contribution < -0.4 is 10.6 Å². The molecule has 0 spiro atoms. The number of likely N-dealkylation sites (tertiary alicyclic amines) is 1. The Hall–Kier alpha value is -0.0800. The minimum Gasteiger partial charge on any atom is -0.376 e. The Morgan fingerprint density at radius 2 is 2.05 bits per heavy atom. The summed E-state index contributed by atoms with van der Waals surface area (Å²) in [6, 6.07) is 0. The number of nitrogens with zero attached hydrogens (tertiary/aromatic N) is 2. The van der Waals surface area contributed by atoms with Crippen LogP contribution in [0.1, 0.15) is 25.7 Å². The minimum absolute atomic E-state index is 0. The molecule has 5 nitrogen and oxygen atoms in total. The van der Waals surface area contributed by atoms with Gasteiger partial charge in [0.1, 0.15) is 0 Å². The number of aliphatic imine (C=N–C) groups is 1. The molecule has 2 heterocycles. The normalized spacial score (nSPS) is 28.0. The van der Waals surface area contributed by atoms with Crippen LogP contribution in [0.4, 0.5) is 0 Å². The van der Waals surface area contributed by atoms with Crippen LogP contribution in [0.15, 0.2) is 4.99 Å². The number of halogens is 1. The number of guanidine groups is 1. The average molecular weight is 396 g/mol. The second kappa shape index (κ2) is 9.78. The van der Waals surface area contributed by atoms with Crippen LogP contribution in [0.3, 0.4) is 0 Å². The predicted octanol–water partition coefficient (Wildman–Crippen LogP) is 1.29. The third kappa shape index (κ3) is 6.13. The molecule has 6 heteroatoms. The van der Waals surface area contributed by atoms with Crippen molar-refractivity contribution in [1.82, 2.24) is 15.5 Å². The van der Waals surface area contributed by atoms with Gasteiger partial charge in [-0.15, -0.1) is 24.0 Å². The molecule has 2 unspecified atom stereocenters. The third-order valence-electron chi connectivity index (χ3n) is 4.03. The monoisotopic (exact) mass is 396 g/mol. The lowest BCUT2D eigenvalue weighted by atomic mass is 9.99. The van der Waals surface area contributed by atoms with Crippen molar-refractivity contribution < 1.29 is 4.74 Å². The van der Waals surface area contributed by atoms with Gasteiger partial charge in [-0.3, -0.25) is 4.99 Å². The fourth-order valence-electron chi connectivity index (χ4n) is 2.92. The SMILES string of the molecule is CN=C(NCC1CCCN(C)C1)NCC1CCCO1.I. The highest BCUT2D eigenvalue weighted by atomic mass is 127. The fraction of sp³-hybridized carbons (Fsp3) is 0.929. The van der Waals surface area contributed by atoms with Gasteiger partial charge in [-0.25, -0.2) is 0 Å². The third-order valence-corrected chi connectivity index (χ3v) is 4.03. The second-order valence-electron chi connectivity index (χ2n) is 5.74. The zero-order valence-electron chi connectivity index (χ0n) is 12.7. The van der Waals surface area contributed by atoms with Gasteiger partial charge in [-0.2, -0.15) is 0 Å². The summed E-state index contributed by atoms with van der Waals surface area (Å²) < 4.78 is 5.60. The highest BCUT2D eigenvalue weighted by molar-refractivity contribution is 14.0. The van der Waals surface area contributed by atoms with Crippen molar-refractivity contribution in [3.63, 3.8) is 0 Å². The van der Waals surface area contributed by atoms with Gasteiger partial charge in [-0.1, -0.05) is 0 Å². The van der Waals surface area contributed by atoms with Gasteiger partial charge in [0.25, 0.3) is 0 Å². The van der Waals surface area contributed by atoms with Gasteiger partial charge >= 0.3 is 0 Å². The van der Waals surface area contributed by atoms with Gasteiger partial charge < -0.3 is 20.3 Å². The molecular weight excluding hydrogens is 367 g/mol. The Labute approximate surface area is 139 Å².